The molecule has 2 saturated heterocycles. The van der Waals surface area contributed by atoms with E-state index in [4.69, 9.17) is 0 Å². The van der Waals surface area contributed by atoms with Crippen LogP contribution in [-0.4, -0.2) is 77.2 Å². The molecule has 160 valence electrons. The summed E-state index contributed by atoms with van der Waals surface area (Å²) in [5.41, 5.74) is 1.57. The van der Waals surface area contributed by atoms with Crippen LogP contribution < -0.4 is 20.3 Å². The Bertz CT molecular complexity index is 852. The molecule has 10 heteroatoms. The highest BCUT2D eigenvalue weighted by molar-refractivity contribution is 7.92. The smallest absolute Gasteiger partial charge is 0.251 e. The second-order valence-corrected chi connectivity index (χ2v) is 9.19. The van der Waals surface area contributed by atoms with Gasteiger partial charge in [-0.2, -0.15) is 0 Å². The molecular weight excluding hydrogens is 394 g/mol. The summed E-state index contributed by atoms with van der Waals surface area (Å²) < 4.78 is 26.1. The van der Waals surface area contributed by atoms with Crippen molar-refractivity contribution in [2.75, 3.05) is 61.7 Å². The van der Waals surface area contributed by atoms with E-state index in [-0.39, 0.29) is 11.8 Å². The number of benzene rings is 1. The molecule has 3 rings (SSSR count). The van der Waals surface area contributed by atoms with Crippen LogP contribution in [0.25, 0.3) is 0 Å². The first-order valence-corrected chi connectivity index (χ1v) is 11.9. The van der Waals surface area contributed by atoms with Crippen LogP contribution >= 0.6 is 0 Å². The fourth-order valence-electron chi connectivity index (χ4n) is 3.65. The van der Waals surface area contributed by atoms with Crippen LogP contribution in [-0.2, 0) is 14.8 Å². The fraction of sp³-hybridized carbons (Fsp3) is 0.579. The van der Waals surface area contributed by atoms with Crippen molar-refractivity contribution in [1.82, 2.24) is 15.5 Å². The first kappa shape index (κ1) is 21.4. The van der Waals surface area contributed by atoms with Crippen molar-refractivity contribution in [3.05, 3.63) is 23.8 Å². The Balaban J connectivity index is 1.63. The molecule has 1 aromatic carbocycles. The van der Waals surface area contributed by atoms with E-state index in [0.29, 0.717) is 37.2 Å². The normalized spacial score (nSPS) is 17.5. The van der Waals surface area contributed by atoms with E-state index in [2.05, 4.69) is 20.3 Å². The number of carbonyl (C=O) groups is 2. The largest absolute Gasteiger partial charge is 0.367 e. The van der Waals surface area contributed by atoms with E-state index < -0.39 is 10.0 Å². The molecule has 0 saturated carbocycles. The van der Waals surface area contributed by atoms with E-state index in [9.17, 15) is 18.0 Å². The van der Waals surface area contributed by atoms with Crippen LogP contribution in [0.3, 0.4) is 0 Å². The molecule has 0 aliphatic carbocycles. The van der Waals surface area contributed by atoms with Gasteiger partial charge in [0.15, 0.2) is 0 Å². The minimum atomic E-state index is -3.48. The predicted octanol–water partition coefficient (Wildman–Crippen LogP) is 0.210. The molecule has 2 heterocycles. The third-order valence-electron chi connectivity index (χ3n) is 5.07. The summed E-state index contributed by atoms with van der Waals surface area (Å²) in [6.07, 6.45) is 3.30. The monoisotopic (exact) mass is 423 g/mol. The van der Waals surface area contributed by atoms with E-state index in [1.165, 1.54) is 0 Å². The number of nitrogens with zero attached hydrogens (tertiary/aromatic N) is 2. The maximum absolute atomic E-state index is 12.5. The lowest BCUT2D eigenvalue weighted by Gasteiger charge is -2.31. The summed E-state index contributed by atoms with van der Waals surface area (Å²) in [6, 6.07) is 5.08. The molecule has 0 aromatic heterocycles. The molecular formula is C19H29N5O4S. The summed E-state index contributed by atoms with van der Waals surface area (Å²) in [4.78, 5) is 28.0. The fourth-order valence-corrected chi connectivity index (χ4v) is 4.22. The van der Waals surface area contributed by atoms with Gasteiger partial charge in [0, 0.05) is 57.8 Å². The lowest BCUT2D eigenvalue weighted by molar-refractivity contribution is -0.127. The molecule has 0 unspecified atom stereocenters. The zero-order chi connectivity index (χ0) is 20.9. The molecule has 2 aliphatic heterocycles. The Kier molecular flexibility index (Phi) is 6.96. The summed E-state index contributed by atoms with van der Waals surface area (Å²) >= 11 is 0. The van der Waals surface area contributed by atoms with E-state index in [0.717, 1.165) is 51.1 Å². The van der Waals surface area contributed by atoms with Crippen LogP contribution in [0.15, 0.2) is 18.2 Å². The van der Waals surface area contributed by atoms with Crippen molar-refractivity contribution < 1.29 is 18.0 Å². The quantitative estimate of drug-likeness (QED) is 0.516. The molecule has 9 nitrogen and oxygen atoms in total. The van der Waals surface area contributed by atoms with Crippen LogP contribution in [0.1, 0.15) is 29.6 Å². The number of carbonyl (C=O) groups excluding carboxylic acids is 2. The van der Waals surface area contributed by atoms with E-state index in [1.807, 2.05) is 4.90 Å². The van der Waals surface area contributed by atoms with Gasteiger partial charge < -0.3 is 20.4 Å². The van der Waals surface area contributed by atoms with Crippen LogP contribution in [0.2, 0.25) is 0 Å². The van der Waals surface area contributed by atoms with Gasteiger partial charge in [0.25, 0.3) is 5.91 Å². The van der Waals surface area contributed by atoms with E-state index in [1.54, 1.807) is 18.2 Å². The van der Waals surface area contributed by atoms with Gasteiger partial charge in [-0.3, -0.25) is 14.3 Å². The number of hydrogen-bond donors (Lipinski definition) is 3. The van der Waals surface area contributed by atoms with Gasteiger partial charge in [0.05, 0.1) is 17.6 Å². The van der Waals surface area contributed by atoms with Gasteiger partial charge in [0.2, 0.25) is 15.9 Å². The lowest BCUT2D eigenvalue weighted by Crippen LogP contribution is -2.43. The van der Waals surface area contributed by atoms with Crippen molar-refractivity contribution in [2.24, 2.45) is 0 Å². The molecule has 2 fully saturated rings. The highest BCUT2D eigenvalue weighted by Crippen LogP contribution is 2.28. The van der Waals surface area contributed by atoms with Crippen molar-refractivity contribution in [3.8, 4) is 0 Å². The Morgan fingerprint density at radius 1 is 1.21 bits per heavy atom. The Morgan fingerprint density at radius 3 is 2.62 bits per heavy atom. The number of sulfonamides is 1. The Labute approximate surface area is 171 Å². The highest BCUT2D eigenvalue weighted by atomic mass is 32.2. The average molecular weight is 424 g/mol. The zero-order valence-corrected chi connectivity index (χ0v) is 17.6. The molecule has 0 atom stereocenters. The number of amides is 2. The summed E-state index contributed by atoms with van der Waals surface area (Å²) in [6.45, 7) is 5.05. The SMILES string of the molecule is CS(=O)(=O)Nc1cc(C(=O)NCCCN2CCCC2=O)ccc1N1CCNCC1. The van der Waals surface area contributed by atoms with Crippen LogP contribution in [0, 0.1) is 0 Å². The van der Waals surface area contributed by atoms with Crippen molar-refractivity contribution in [1.29, 1.82) is 0 Å². The van der Waals surface area contributed by atoms with Gasteiger partial charge >= 0.3 is 0 Å². The first-order chi connectivity index (χ1) is 13.8. The predicted molar refractivity (Wildman–Crippen MR) is 113 cm³/mol. The number of piperazine rings is 1. The highest BCUT2D eigenvalue weighted by Gasteiger charge is 2.20. The molecule has 3 N–H and O–H groups in total. The van der Waals surface area contributed by atoms with Crippen molar-refractivity contribution >= 4 is 33.2 Å². The third-order valence-corrected chi connectivity index (χ3v) is 5.66. The maximum atomic E-state index is 12.5. The topological polar surface area (TPSA) is 111 Å². The standard InChI is InChI=1S/C19H29N5O4S/c1-29(27,28)22-16-14-15(5-6-17(16)23-12-8-20-9-13-23)19(26)21-7-3-11-24-10-2-4-18(24)25/h5-6,14,20,22H,2-4,7-13H2,1H3,(H,21,26). The average Bonchev–Trinajstić information content (AvgIpc) is 3.09. The molecule has 29 heavy (non-hydrogen) atoms. The molecule has 2 amide bonds. The zero-order valence-electron chi connectivity index (χ0n) is 16.7. The van der Waals surface area contributed by atoms with Crippen molar-refractivity contribution in [2.45, 2.75) is 19.3 Å². The minimum absolute atomic E-state index is 0.177. The molecule has 0 spiro atoms. The molecule has 1 aromatic rings. The summed E-state index contributed by atoms with van der Waals surface area (Å²) in [5, 5.41) is 6.11. The number of hydrogen-bond acceptors (Lipinski definition) is 6. The lowest BCUT2D eigenvalue weighted by atomic mass is 10.1. The van der Waals surface area contributed by atoms with Crippen LogP contribution in [0.4, 0.5) is 11.4 Å². The van der Waals surface area contributed by atoms with Gasteiger partial charge in [-0.15, -0.1) is 0 Å². The number of likely N-dealkylation sites (tertiary alicyclic amines) is 1. The van der Waals surface area contributed by atoms with Gasteiger partial charge in [-0.05, 0) is 31.0 Å². The van der Waals surface area contributed by atoms with Crippen LogP contribution in [0.5, 0.6) is 0 Å². The maximum Gasteiger partial charge on any atom is 0.251 e. The second-order valence-electron chi connectivity index (χ2n) is 7.44. The number of nitrogens with one attached hydrogen (secondary N) is 3. The van der Waals surface area contributed by atoms with E-state index >= 15 is 0 Å². The van der Waals surface area contributed by atoms with Gasteiger partial charge in [-0.25, -0.2) is 8.42 Å². The summed E-state index contributed by atoms with van der Waals surface area (Å²) in [7, 11) is -3.48. The summed E-state index contributed by atoms with van der Waals surface area (Å²) in [5.74, 6) is -0.0857. The molecule has 2 aliphatic rings. The number of rotatable bonds is 8. The Morgan fingerprint density at radius 2 is 1.97 bits per heavy atom. The number of anilines is 2. The molecule has 0 radical (unpaired) electrons. The molecule has 0 bridgehead atoms. The van der Waals surface area contributed by atoms with Gasteiger partial charge in [0.1, 0.15) is 0 Å². The first-order valence-electron chi connectivity index (χ1n) is 9.97. The van der Waals surface area contributed by atoms with Crippen molar-refractivity contribution in [3.63, 3.8) is 0 Å². The third kappa shape index (κ3) is 6.07. The van der Waals surface area contributed by atoms with Gasteiger partial charge in [-0.1, -0.05) is 0 Å². The minimum Gasteiger partial charge on any atom is -0.367 e. The second kappa shape index (κ2) is 9.45. The Hall–Kier alpha value is -2.33.